The normalized spacial score (nSPS) is 10.9. The molecule has 0 N–H and O–H groups in total. The molecule has 5 rings (SSSR count). The molecule has 0 aliphatic rings. The van der Waals surface area contributed by atoms with Crippen LogP contribution >= 0.6 is 0 Å². The SMILES string of the molecule is c1ccc(-c2cc3ccccc3c(-c3ccncc3)c2-c2ccccc2)cc1. The molecule has 28 heavy (non-hydrogen) atoms. The first-order chi connectivity index (χ1) is 13.9. The molecular weight excluding hydrogens is 338 g/mol. The van der Waals surface area contributed by atoms with E-state index in [4.69, 9.17) is 0 Å². The summed E-state index contributed by atoms with van der Waals surface area (Å²) in [6, 6.07) is 36.5. The molecular formula is C27H19N. The molecule has 132 valence electrons. The smallest absolute Gasteiger partial charge is 0.0273 e. The Kier molecular flexibility index (Phi) is 4.19. The third kappa shape index (κ3) is 2.87. The lowest BCUT2D eigenvalue weighted by atomic mass is 9.84. The van der Waals surface area contributed by atoms with Gasteiger partial charge in [0.05, 0.1) is 0 Å². The second kappa shape index (κ2) is 7.13. The van der Waals surface area contributed by atoms with Gasteiger partial charge in [-0.15, -0.1) is 0 Å². The van der Waals surface area contributed by atoms with Gasteiger partial charge in [0.25, 0.3) is 0 Å². The fraction of sp³-hybridized carbons (Fsp3) is 0. The van der Waals surface area contributed by atoms with Crippen LogP contribution in [0.25, 0.3) is 44.2 Å². The number of aromatic nitrogens is 1. The molecule has 0 aliphatic carbocycles. The van der Waals surface area contributed by atoms with E-state index in [9.17, 15) is 0 Å². The number of rotatable bonds is 3. The minimum Gasteiger partial charge on any atom is -0.265 e. The number of pyridine rings is 1. The number of hydrogen-bond donors (Lipinski definition) is 0. The van der Waals surface area contributed by atoms with Gasteiger partial charge in [-0.25, -0.2) is 0 Å². The molecule has 1 nitrogen and oxygen atoms in total. The molecule has 0 fully saturated rings. The van der Waals surface area contributed by atoms with E-state index in [-0.39, 0.29) is 0 Å². The van der Waals surface area contributed by atoms with Crippen molar-refractivity contribution < 1.29 is 0 Å². The van der Waals surface area contributed by atoms with Crippen molar-refractivity contribution in [2.75, 3.05) is 0 Å². The molecule has 0 saturated heterocycles. The van der Waals surface area contributed by atoms with Gasteiger partial charge in [0.15, 0.2) is 0 Å². The van der Waals surface area contributed by atoms with E-state index in [0.717, 1.165) is 0 Å². The zero-order valence-electron chi connectivity index (χ0n) is 15.4. The summed E-state index contributed by atoms with van der Waals surface area (Å²) < 4.78 is 0. The average Bonchev–Trinajstić information content (AvgIpc) is 2.79. The molecule has 1 heteroatoms. The molecule has 0 atom stereocenters. The minimum atomic E-state index is 1.18. The summed E-state index contributed by atoms with van der Waals surface area (Å²) in [5, 5.41) is 2.50. The lowest BCUT2D eigenvalue weighted by Gasteiger charge is -2.19. The fourth-order valence-electron chi connectivity index (χ4n) is 3.92. The highest BCUT2D eigenvalue weighted by Crippen LogP contribution is 2.44. The lowest BCUT2D eigenvalue weighted by molar-refractivity contribution is 1.33. The van der Waals surface area contributed by atoms with Crippen molar-refractivity contribution in [1.82, 2.24) is 4.98 Å². The zero-order chi connectivity index (χ0) is 18.8. The van der Waals surface area contributed by atoms with E-state index in [2.05, 4.69) is 108 Å². The van der Waals surface area contributed by atoms with Crippen molar-refractivity contribution in [1.29, 1.82) is 0 Å². The predicted octanol–water partition coefficient (Wildman–Crippen LogP) is 7.24. The summed E-state index contributed by atoms with van der Waals surface area (Å²) in [6.45, 7) is 0. The summed E-state index contributed by atoms with van der Waals surface area (Å²) in [7, 11) is 0. The largest absolute Gasteiger partial charge is 0.265 e. The molecule has 0 spiro atoms. The Balaban J connectivity index is 1.97. The zero-order valence-corrected chi connectivity index (χ0v) is 15.4. The van der Waals surface area contributed by atoms with Crippen LogP contribution in [0.2, 0.25) is 0 Å². The third-order valence-corrected chi connectivity index (χ3v) is 5.17. The maximum Gasteiger partial charge on any atom is 0.0273 e. The van der Waals surface area contributed by atoms with E-state index in [1.54, 1.807) is 0 Å². The molecule has 5 aromatic rings. The monoisotopic (exact) mass is 357 g/mol. The van der Waals surface area contributed by atoms with Crippen molar-refractivity contribution in [3.63, 3.8) is 0 Å². The highest BCUT2D eigenvalue weighted by Gasteiger charge is 2.17. The van der Waals surface area contributed by atoms with Crippen LogP contribution in [-0.2, 0) is 0 Å². The standard InChI is InChI=1S/C27H19N/c1-3-9-20(10-4-1)25-19-23-13-7-8-14-24(23)26(22-15-17-28-18-16-22)27(25)21-11-5-2-6-12-21/h1-19H. The van der Waals surface area contributed by atoms with Gasteiger partial charge in [0.2, 0.25) is 0 Å². The minimum absolute atomic E-state index is 1.18. The highest BCUT2D eigenvalue weighted by molar-refractivity contribution is 6.09. The van der Waals surface area contributed by atoms with Crippen molar-refractivity contribution in [3.8, 4) is 33.4 Å². The Bertz CT molecular complexity index is 1230. The fourth-order valence-corrected chi connectivity index (χ4v) is 3.92. The van der Waals surface area contributed by atoms with Gasteiger partial charge < -0.3 is 0 Å². The van der Waals surface area contributed by atoms with E-state index in [1.165, 1.54) is 44.2 Å². The molecule has 0 aliphatic heterocycles. The van der Waals surface area contributed by atoms with Crippen LogP contribution in [-0.4, -0.2) is 4.98 Å². The summed E-state index contributed by atoms with van der Waals surface area (Å²) in [6.07, 6.45) is 3.74. The van der Waals surface area contributed by atoms with Crippen LogP contribution in [0.15, 0.2) is 116 Å². The Hall–Kier alpha value is -3.71. The average molecular weight is 357 g/mol. The maximum absolute atomic E-state index is 4.23. The molecule has 4 aromatic carbocycles. The molecule has 0 saturated carbocycles. The van der Waals surface area contributed by atoms with Crippen molar-refractivity contribution >= 4 is 10.8 Å². The third-order valence-electron chi connectivity index (χ3n) is 5.17. The van der Waals surface area contributed by atoms with Crippen LogP contribution in [0.5, 0.6) is 0 Å². The molecule has 0 bridgehead atoms. The molecule has 0 radical (unpaired) electrons. The van der Waals surface area contributed by atoms with Gasteiger partial charge >= 0.3 is 0 Å². The molecule has 0 unspecified atom stereocenters. The Morgan fingerprint density at radius 3 is 1.75 bits per heavy atom. The number of nitrogens with zero attached hydrogens (tertiary/aromatic N) is 1. The molecule has 1 aromatic heterocycles. The molecule has 0 amide bonds. The van der Waals surface area contributed by atoms with Crippen molar-refractivity contribution in [2.45, 2.75) is 0 Å². The predicted molar refractivity (Wildman–Crippen MR) is 118 cm³/mol. The van der Waals surface area contributed by atoms with E-state index in [0.29, 0.717) is 0 Å². The van der Waals surface area contributed by atoms with Gasteiger partial charge in [0, 0.05) is 12.4 Å². The van der Waals surface area contributed by atoms with Gasteiger partial charge in [-0.2, -0.15) is 0 Å². The Morgan fingerprint density at radius 2 is 1.04 bits per heavy atom. The maximum atomic E-state index is 4.23. The highest BCUT2D eigenvalue weighted by atomic mass is 14.6. The summed E-state index contributed by atoms with van der Waals surface area (Å²) in [5.74, 6) is 0. The Morgan fingerprint density at radius 1 is 0.464 bits per heavy atom. The van der Waals surface area contributed by atoms with Gasteiger partial charge in [-0.05, 0) is 62.4 Å². The van der Waals surface area contributed by atoms with Gasteiger partial charge in [-0.1, -0.05) is 84.9 Å². The van der Waals surface area contributed by atoms with Crippen LogP contribution in [0, 0.1) is 0 Å². The van der Waals surface area contributed by atoms with Gasteiger partial charge in [0.1, 0.15) is 0 Å². The van der Waals surface area contributed by atoms with Crippen LogP contribution in [0.4, 0.5) is 0 Å². The number of benzene rings is 4. The van der Waals surface area contributed by atoms with Crippen LogP contribution in [0.3, 0.4) is 0 Å². The summed E-state index contributed by atoms with van der Waals surface area (Å²) in [5.41, 5.74) is 7.39. The van der Waals surface area contributed by atoms with E-state index < -0.39 is 0 Å². The summed E-state index contributed by atoms with van der Waals surface area (Å²) in [4.78, 5) is 4.23. The van der Waals surface area contributed by atoms with Crippen molar-refractivity contribution in [3.05, 3.63) is 116 Å². The topological polar surface area (TPSA) is 12.9 Å². The lowest BCUT2D eigenvalue weighted by Crippen LogP contribution is -1.93. The second-order valence-electron chi connectivity index (χ2n) is 6.86. The van der Waals surface area contributed by atoms with Crippen LogP contribution < -0.4 is 0 Å². The first kappa shape index (κ1) is 16.5. The van der Waals surface area contributed by atoms with Crippen molar-refractivity contribution in [2.24, 2.45) is 0 Å². The Labute approximate surface area is 165 Å². The summed E-state index contributed by atoms with van der Waals surface area (Å²) >= 11 is 0. The number of fused-ring (bicyclic) bond motifs is 1. The van der Waals surface area contributed by atoms with Gasteiger partial charge in [-0.3, -0.25) is 4.98 Å². The van der Waals surface area contributed by atoms with E-state index >= 15 is 0 Å². The first-order valence-corrected chi connectivity index (χ1v) is 9.49. The first-order valence-electron chi connectivity index (χ1n) is 9.49. The van der Waals surface area contributed by atoms with Crippen LogP contribution in [0.1, 0.15) is 0 Å². The van der Waals surface area contributed by atoms with E-state index in [1.807, 2.05) is 12.4 Å². The second-order valence-corrected chi connectivity index (χ2v) is 6.86. The quantitative estimate of drug-likeness (QED) is 0.332. The molecule has 1 heterocycles. The number of hydrogen-bond acceptors (Lipinski definition) is 1.